The zero-order valence-electron chi connectivity index (χ0n) is 17.2. The molecule has 156 valence electrons. The van der Waals surface area contributed by atoms with Crippen LogP contribution < -0.4 is 15.0 Å². The van der Waals surface area contributed by atoms with Crippen molar-refractivity contribution in [2.45, 2.75) is 18.8 Å². The maximum Gasteiger partial charge on any atom is 0.280 e. The van der Waals surface area contributed by atoms with Crippen molar-refractivity contribution < 1.29 is 14.3 Å². The van der Waals surface area contributed by atoms with Crippen LogP contribution in [0.5, 0.6) is 11.5 Å². The highest BCUT2D eigenvalue weighted by Gasteiger charge is 2.29. The molecule has 0 aliphatic heterocycles. The highest BCUT2D eigenvalue weighted by atomic mass is 16.5. The molecule has 0 radical (unpaired) electrons. The van der Waals surface area contributed by atoms with Gasteiger partial charge in [0.2, 0.25) is 0 Å². The van der Waals surface area contributed by atoms with E-state index in [2.05, 4.69) is 10.1 Å². The summed E-state index contributed by atoms with van der Waals surface area (Å²) in [6, 6.07) is 16.7. The molecule has 2 heterocycles. The number of ketones is 1. The van der Waals surface area contributed by atoms with Crippen LogP contribution in [0.25, 0.3) is 16.7 Å². The number of aromatic nitrogens is 3. The van der Waals surface area contributed by atoms with E-state index < -0.39 is 0 Å². The molecule has 0 amide bonds. The van der Waals surface area contributed by atoms with Gasteiger partial charge in [-0.3, -0.25) is 14.7 Å². The Morgan fingerprint density at radius 1 is 0.968 bits per heavy atom. The van der Waals surface area contributed by atoms with Gasteiger partial charge in [0.15, 0.2) is 22.9 Å². The number of aromatic amines is 1. The number of fused-ring (bicyclic) bond motifs is 2. The number of nitrogens with one attached hydrogen (secondary N) is 1. The average Bonchev–Trinajstić information content (AvgIpc) is 3.13. The van der Waals surface area contributed by atoms with Gasteiger partial charge in [-0.25, -0.2) is 9.67 Å². The third kappa shape index (κ3) is 3.18. The van der Waals surface area contributed by atoms with Crippen molar-refractivity contribution in [3.05, 3.63) is 81.8 Å². The van der Waals surface area contributed by atoms with Crippen LogP contribution in [0, 0.1) is 0 Å². The van der Waals surface area contributed by atoms with Gasteiger partial charge in [-0.2, -0.15) is 0 Å². The summed E-state index contributed by atoms with van der Waals surface area (Å²) >= 11 is 0. The van der Waals surface area contributed by atoms with Crippen molar-refractivity contribution in [3.63, 3.8) is 0 Å². The number of para-hydroxylation sites is 1. The number of Topliss-reactive ketones (excluding diaryl/α,β-unsaturated/α-hetero) is 1. The van der Waals surface area contributed by atoms with Crippen molar-refractivity contribution in [3.8, 4) is 17.2 Å². The predicted molar refractivity (Wildman–Crippen MR) is 117 cm³/mol. The fourth-order valence-corrected chi connectivity index (χ4v) is 4.21. The third-order valence-corrected chi connectivity index (χ3v) is 5.82. The lowest BCUT2D eigenvalue weighted by atomic mass is 9.81. The molecule has 0 bridgehead atoms. The zero-order valence-corrected chi connectivity index (χ0v) is 17.2. The number of methoxy groups -OCH3 is 2. The lowest BCUT2D eigenvalue weighted by Gasteiger charge is -2.23. The minimum absolute atomic E-state index is 0.0118. The zero-order chi connectivity index (χ0) is 21.5. The van der Waals surface area contributed by atoms with Gasteiger partial charge in [0.25, 0.3) is 5.56 Å². The van der Waals surface area contributed by atoms with Crippen LogP contribution in [0.2, 0.25) is 0 Å². The first-order valence-electron chi connectivity index (χ1n) is 10.0. The molecule has 1 atom stereocenters. The van der Waals surface area contributed by atoms with E-state index >= 15 is 0 Å². The second-order valence-electron chi connectivity index (χ2n) is 7.61. The van der Waals surface area contributed by atoms with E-state index in [9.17, 15) is 9.59 Å². The number of ether oxygens (including phenoxy) is 2. The Hall–Kier alpha value is -3.87. The van der Waals surface area contributed by atoms with Crippen molar-refractivity contribution in [1.82, 2.24) is 14.8 Å². The van der Waals surface area contributed by atoms with Crippen LogP contribution in [0.4, 0.5) is 0 Å². The Bertz CT molecular complexity index is 1350. The first kappa shape index (κ1) is 19.1. The van der Waals surface area contributed by atoms with Gasteiger partial charge >= 0.3 is 0 Å². The molecule has 2 aromatic carbocycles. The number of pyridine rings is 1. The molecule has 1 aliphatic carbocycles. The molecule has 0 spiro atoms. The van der Waals surface area contributed by atoms with E-state index in [1.807, 2.05) is 48.5 Å². The van der Waals surface area contributed by atoms with Crippen LogP contribution in [0.1, 0.15) is 34.0 Å². The van der Waals surface area contributed by atoms with Gasteiger partial charge in [0, 0.05) is 12.0 Å². The fraction of sp³-hybridized carbons (Fsp3) is 0.208. The van der Waals surface area contributed by atoms with Gasteiger partial charge in [-0.15, -0.1) is 0 Å². The molecule has 7 nitrogen and oxygen atoms in total. The van der Waals surface area contributed by atoms with Crippen LogP contribution in [0.3, 0.4) is 0 Å². The van der Waals surface area contributed by atoms with E-state index in [0.717, 1.165) is 11.3 Å². The van der Waals surface area contributed by atoms with Gasteiger partial charge in [0.1, 0.15) is 0 Å². The number of hydrogen-bond acceptors (Lipinski definition) is 5. The molecule has 4 aromatic rings. The number of nitrogens with zero attached hydrogens (tertiary/aromatic N) is 2. The van der Waals surface area contributed by atoms with E-state index in [1.54, 1.807) is 20.3 Å². The standard InChI is InChI=1S/C24H21N3O4/c1-30-21-9-8-14(12-22(21)31-2)15-10-19-17(20(28)11-15)13-18-23(25-19)26-27(24(18)29)16-6-4-3-5-7-16/h3-9,12-13,15H,10-11H2,1-2H3,(H,25,26)/t15-/m1/s1. The molecule has 0 fully saturated rings. The lowest BCUT2D eigenvalue weighted by Crippen LogP contribution is -2.20. The Labute approximate surface area is 178 Å². The largest absolute Gasteiger partial charge is 0.493 e. The average molecular weight is 415 g/mol. The van der Waals surface area contributed by atoms with E-state index in [0.29, 0.717) is 46.6 Å². The van der Waals surface area contributed by atoms with Crippen LogP contribution in [-0.4, -0.2) is 34.8 Å². The fourth-order valence-electron chi connectivity index (χ4n) is 4.21. The summed E-state index contributed by atoms with van der Waals surface area (Å²) in [6.07, 6.45) is 0.956. The Kier molecular flexibility index (Phi) is 4.58. The summed E-state index contributed by atoms with van der Waals surface area (Å²) in [6.45, 7) is 0. The summed E-state index contributed by atoms with van der Waals surface area (Å²) in [5.41, 5.74) is 3.21. The Morgan fingerprint density at radius 3 is 2.48 bits per heavy atom. The van der Waals surface area contributed by atoms with Crippen molar-refractivity contribution in [2.75, 3.05) is 14.2 Å². The smallest absolute Gasteiger partial charge is 0.280 e. The predicted octanol–water partition coefficient (Wildman–Crippen LogP) is 3.64. The van der Waals surface area contributed by atoms with Crippen molar-refractivity contribution in [1.29, 1.82) is 0 Å². The van der Waals surface area contributed by atoms with Gasteiger partial charge in [-0.05, 0) is 48.2 Å². The molecule has 0 unspecified atom stereocenters. The van der Waals surface area contributed by atoms with E-state index in [4.69, 9.17) is 9.47 Å². The number of carbonyl (C=O) groups excluding carboxylic acids is 1. The molecular formula is C24H21N3O4. The molecule has 0 saturated heterocycles. The maximum absolute atomic E-state index is 13.0. The summed E-state index contributed by atoms with van der Waals surface area (Å²) in [4.78, 5) is 30.5. The number of benzene rings is 2. The molecular weight excluding hydrogens is 394 g/mol. The molecule has 5 rings (SSSR count). The second-order valence-corrected chi connectivity index (χ2v) is 7.61. The highest BCUT2D eigenvalue weighted by Crippen LogP contribution is 2.37. The summed E-state index contributed by atoms with van der Waals surface area (Å²) < 4.78 is 12.2. The van der Waals surface area contributed by atoms with Crippen molar-refractivity contribution in [2.24, 2.45) is 0 Å². The number of rotatable bonds is 4. The summed E-state index contributed by atoms with van der Waals surface area (Å²) in [5.74, 6) is 1.24. The first-order chi connectivity index (χ1) is 15.1. The number of carbonyl (C=O) groups is 1. The van der Waals surface area contributed by atoms with Gasteiger partial charge in [0.05, 0.1) is 31.0 Å². The quantitative estimate of drug-likeness (QED) is 0.550. The molecule has 0 saturated carbocycles. The monoisotopic (exact) mass is 415 g/mol. The summed E-state index contributed by atoms with van der Waals surface area (Å²) in [7, 11) is 3.18. The Morgan fingerprint density at radius 2 is 1.74 bits per heavy atom. The molecule has 31 heavy (non-hydrogen) atoms. The first-order valence-corrected chi connectivity index (χ1v) is 10.0. The third-order valence-electron chi connectivity index (χ3n) is 5.82. The summed E-state index contributed by atoms with van der Waals surface area (Å²) in [5, 5.41) is 3.50. The van der Waals surface area contributed by atoms with Gasteiger partial charge < -0.3 is 9.47 Å². The molecule has 7 heteroatoms. The van der Waals surface area contributed by atoms with Crippen molar-refractivity contribution >= 4 is 16.8 Å². The lowest BCUT2D eigenvalue weighted by molar-refractivity contribution is 0.0963. The van der Waals surface area contributed by atoms with E-state index in [1.165, 1.54) is 4.68 Å². The normalized spacial score (nSPS) is 15.7. The van der Waals surface area contributed by atoms with Gasteiger partial charge in [-0.1, -0.05) is 24.3 Å². The van der Waals surface area contributed by atoms with Crippen LogP contribution in [0.15, 0.2) is 59.4 Å². The van der Waals surface area contributed by atoms with Crippen LogP contribution >= 0.6 is 0 Å². The van der Waals surface area contributed by atoms with E-state index in [-0.39, 0.29) is 17.3 Å². The number of H-pyrrole nitrogens is 1. The second kappa shape index (κ2) is 7.43. The maximum atomic E-state index is 13.0. The SMILES string of the molecule is COc1ccc([C@H]2CC(=O)c3cc4c(=O)n(-c5ccccc5)[nH]c4nc3C2)cc1OC. The Balaban J connectivity index is 1.56. The highest BCUT2D eigenvalue weighted by molar-refractivity contribution is 6.01. The minimum Gasteiger partial charge on any atom is -0.493 e. The van der Waals surface area contributed by atoms with Crippen LogP contribution in [-0.2, 0) is 6.42 Å². The number of hydrogen-bond donors (Lipinski definition) is 1. The minimum atomic E-state index is -0.216. The molecule has 2 aromatic heterocycles. The molecule has 1 N–H and O–H groups in total. The topological polar surface area (TPSA) is 86.2 Å². The molecule has 1 aliphatic rings.